The highest BCUT2D eigenvalue weighted by atomic mass is 32.1. The van der Waals surface area contributed by atoms with Gasteiger partial charge in [-0.1, -0.05) is 5.16 Å². The molecule has 7 heteroatoms. The summed E-state index contributed by atoms with van der Waals surface area (Å²) in [5.74, 6) is 0.242. The third kappa shape index (κ3) is 2.52. The first-order valence-electron chi connectivity index (χ1n) is 6.06. The average Bonchev–Trinajstić information content (AvgIpc) is 3.09. The molecule has 1 fully saturated rings. The molecular formula is C12H13N3O3S. The summed E-state index contributed by atoms with van der Waals surface area (Å²) in [5, 5.41) is 16.9. The molecule has 3 rings (SSSR count). The van der Waals surface area contributed by atoms with Gasteiger partial charge in [0.15, 0.2) is 0 Å². The lowest BCUT2D eigenvalue weighted by Gasteiger charge is -2.18. The van der Waals surface area contributed by atoms with E-state index >= 15 is 0 Å². The van der Waals surface area contributed by atoms with Gasteiger partial charge in [0, 0.05) is 10.9 Å². The molecule has 1 unspecified atom stereocenters. The number of nitrogens with zero attached hydrogens (tertiary/aromatic N) is 3. The van der Waals surface area contributed by atoms with Gasteiger partial charge in [0.05, 0.1) is 6.54 Å². The van der Waals surface area contributed by atoms with E-state index in [4.69, 9.17) is 9.63 Å². The molecule has 2 aromatic rings. The van der Waals surface area contributed by atoms with E-state index in [1.54, 1.807) is 11.3 Å². The summed E-state index contributed by atoms with van der Waals surface area (Å²) in [6.07, 6.45) is 1.57. The SMILES string of the molecule is O=C(O)C1CCCN1Cc1nc(-c2ccsc2)no1. The fraction of sp³-hybridized carbons (Fsp3) is 0.417. The van der Waals surface area contributed by atoms with Crippen LogP contribution in [0.3, 0.4) is 0 Å². The molecule has 0 radical (unpaired) electrons. The highest BCUT2D eigenvalue weighted by molar-refractivity contribution is 7.08. The highest BCUT2D eigenvalue weighted by Crippen LogP contribution is 2.22. The van der Waals surface area contributed by atoms with Crippen LogP contribution in [-0.4, -0.2) is 38.7 Å². The summed E-state index contributed by atoms with van der Waals surface area (Å²) in [6.45, 7) is 1.15. The Morgan fingerprint density at radius 3 is 3.26 bits per heavy atom. The third-order valence-corrected chi connectivity index (χ3v) is 3.92. The number of carboxylic acid groups (broad SMARTS) is 1. The number of likely N-dealkylation sites (tertiary alicyclic amines) is 1. The Labute approximate surface area is 113 Å². The summed E-state index contributed by atoms with van der Waals surface area (Å²) in [6, 6.07) is 1.49. The number of aromatic nitrogens is 2. The van der Waals surface area contributed by atoms with Crippen molar-refractivity contribution in [2.45, 2.75) is 25.4 Å². The van der Waals surface area contributed by atoms with Crippen molar-refractivity contribution in [2.75, 3.05) is 6.54 Å². The van der Waals surface area contributed by atoms with E-state index < -0.39 is 12.0 Å². The first-order valence-corrected chi connectivity index (χ1v) is 7.00. The quantitative estimate of drug-likeness (QED) is 0.920. The van der Waals surface area contributed by atoms with Crippen molar-refractivity contribution in [3.8, 4) is 11.4 Å². The number of carboxylic acids is 1. The number of hydrogen-bond donors (Lipinski definition) is 1. The fourth-order valence-corrected chi connectivity index (χ4v) is 2.93. The largest absolute Gasteiger partial charge is 0.480 e. The van der Waals surface area contributed by atoms with E-state index in [1.807, 2.05) is 21.7 Å². The third-order valence-electron chi connectivity index (χ3n) is 3.23. The van der Waals surface area contributed by atoms with Gasteiger partial charge in [-0.3, -0.25) is 9.69 Å². The second-order valence-electron chi connectivity index (χ2n) is 4.49. The van der Waals surface area contributed by atoms with Crippen LogP contribution in [0.2, 0.25) is 0 Å². The van der Waals surface area contributed by atoms with Crippen molar-refractivity contribution >= 4 is 17.3 Å². The van der Waals surface area contributed by atoms with Crippen molar-refractivity contribution in [2.24, 2.45) is 0 Å². The molecule has 1 atom stereocenters. The van der Waals surface area contributed by atoms with Crippen LogP contribution in [0.4, 0.5) is 0 Å². The first kappa shape index (κ1) is 12.3. The van der Waals surface area contributed by atoms with E-state index in [0.29, 0.717) is 24.7 Å². The molecule has 100 valence electrons. The Kier molecular flexibility index (Phi) is 3.31. The molecule has 0 bridgehead atoms. The number of hydrogen-bond acceptors (Lipinski definition) is 6. The molecular weight excluding hydrogens is 266 g/mol. The lowest BCUT2D eigenvalue weighted by Crippen LogP contribution is -2.35. The average molecular weight is 279 g/mol. The van der Waals surface area contributed by atoms with Gasteiger partial charge in [0.25, 0.3) is 0 Å². The predicted octanol–water partition coefficient (Wildman–Crippen LogP) is 1.85. The van der Waals surface area contributed by atoms with Crippen molar-refractivity contribution in [3.05, 3.63) is 22.7 Å². The smallest absolute Gasteiger partial charge is 0.320 e. The Hall–Kier alpha value is -1.73. The van der Waals surface area contributed by atoms with E-state index in [0.717, 1.165) is 18.5 Å². The Morgan fingerprint density at radius 2 is 2.53 bits per heavy atom. The maximum absolute atomic E-state index is 11.1. The van der Waals surface area contributed by atoms with Gasteiger partial charge < -0.3 is 9.63 Å². The van der Waals surface area contributed by atoms with E-state index in [-0.39, 0.29) is 0 Å². The van der Waals surface area contributed by atoms with E-state index in [9.17, 15) is 4.79 Å². The first-order chi connectivity index (χ1) is 9.24. The lowest BCUT2D eigenvalue weighted by atomic mass is 10.2. The molecule has 1 aliphatic heterocycles. The molecule has 3 heterocycles. The van der Waals surface area contributed by atoms with E-state index in [2.05, 4.69) is 10.1 Å². The fourth-order valence-electron chi connectivity index (χ4n) is 2.30. The predicted molar refractivity (Wildman–Crippen MR) is 68.7 cm³/mol. The molecule has 0 aliphatic carbocycles. The summed E-state index contributed by atoms with van der Waals surface area (Å²) in [4.78, 5) is 17.3. The molecule has 0 saturated carbocycles. The molecule has 0 spiro atoms. The zero-order valence-electron chi connectivity index (χ0n) is 10.2. The monoisotopic (exact) mass is 279 g/mol. The number of carbonyl (C=O) groups is 1. The normalized spacial score (nSPS) is 19.9. The van der Waals surface area contributed by atoms with Gasteiger partial charge in [-0.25, -0.2) is 0 Å². The van der Waals surface area contributed by atoms with Crippen LogP contribution >= 0.6 is 11.3 Å². The number of thiophene rings is 1. The zero-order chi connectivity index (χ0) is 13.2. The minimum Gasteiger partial charge on any atom is -0.480 e. The summed E-state index contributed by atoms with van der Waals surface area (Å²) < 4.78 is 5.19. The molecule has 1 N–H and O–H groups in total. The van der Waals surface area contributed by atoms with Crippen molar-refractivity contribution < 1.29 is 14.4 Å². The summed E-state index contributed by atoms with van der Waals surface area (Å²) in [5.41, 5.74) is 0.927. The molecule has 0 aromatic carbocycles. The second-order valence-corrected chi connectivity index (χ2v) is 5.27. The van der Waals surface area contributed by atoms with Crippen LogP contribution in [0.1, 0.15) is 18.7 Å². The minimum absolute atomic E-state index is 0.397. The van der Waals surface area contributed by atoms with Gasteiger partial charge in [-0.15, -0.1) is 0 Å². The van der Waals surface area contributed by atoms with E-state index in [1.165, 1.54) is 0 Å². The van der Waals surface area contributed by atoms with Crippen LogP contribution in [-0.2, 0) is 11.3 Å². The number of aliphatic carboxylic acids is 1. The molecule has 1 aliphatic rings. The molecule has 0 amide bonds. The van der Waals surface area contributed by atoms with Crippen LogP contribution in [0.15, 0.2) is 21.3 Å². The molecule has 1 saturated heterocycles. The Balaban J connectivity index is 1.72. The van der Waals surface area contributed by atoms with Gasteiger partial charge in [-0.05, 0) is 30.8 Å². The van der Waals surface area contributed by atoms with Crippen LogP contribution in [0.5, 0.6) is 0 Å². The zero-order valence-corrected chi connectivity index (χ0v) is 11.0. The molecule has 19 heavy (non-hydrogen) atoms. The maximum Gasteiger partial charge on any atom is 0.320 e. The molecule has 2 aromatic heterocycles. The number of rotatable bonds is 4. The van der Waals surface area contributed by atoms with Gasteiger partial charge in [0.1, 0.15) is 6.04 Å². The van der Waals surface area contributed by atoms with Gasteiger partial charge in [0.2, 0.25) is 11.7 Å². The lowest BCUT2D eigenvalue weighted by molar-refractivity contribution is -0.142. The minimum atomic E-state index is -0.782. The summed E-state index contributed by atoms with van der Waals surface area (Å²) in [7, 11) is 0. The van der Waals surface area contributed by atoms with Crippen molar-refractivity contribution in [3.63, 3.8) is 0 Å². The Bertz CT molecular complexity index is 567. The second kappa shape index (κ2) is 5.10. The highest BCUT2D eigenvalue weighted by Gasteiger charge is 2.31. The van der Waals surface area contributed by atoms with Crippen molar-refractivity contribution in [1.82, 2.24) is 15.0 Å². The maximum atomic E-state index is 11.1. The van der Waals surface area contributed by atoms with Crippen LogP contribution in [0, 0.1) is 0 Å². The van der Waals surface area contributed by atoms with Gasteiger partial charge >= 0.3 is 5.97 Å². The Morgan fingerprint density at radius 1 is 1.63 bits per heavy atom. The summed E-state index contributed by atoms with van der Waals surface area (Å²) >= 11 is 1.57. The molecule has 6 nitrogen and oxygen atoms in total. The van der Waals surface area contributed by atoms with Gasteiger partial charge in [-0.2, -0.15) is 16.3 Å². The van der Waals surface area contributed by atoms with Crippen LogP contribution in [0.25, 0.3) is 11.4 Å². The van der Waals surface area contributed by atoms with Crippen molar-refractivity contribution in [1.29, 1.82) is 0 Å². The standard InChI is InChI=1S/C12H13N3O3S/c16-12(17)9-2-1-4-15(9)6-10-13-11(14-18-10)8-3-5-19-7-8/h3,5,7,9H,1-2,4,6H2,(H,16,17). The topological polar surface area (TPSA) is 79.5 Å². The van der Waals surface area contributed by atoms with Crippen LogP contribution < -0.4 is 0 Å².